The molecule has 3 rings (SSSR count). The molecule has 0 fully saturated rings. The van der Waals surface area contributed by atoms with E-state index in [9.17, 15) is 10.2 Å². The van der Waals surface area contributed by atoms with E-state index >= 15 is 0 Å². The van der Waals surface area contributed by atoms with Gasteiger partial charge >= 0.3 is 0 Å². The lowest BCUT2D eigenvalue weighted by Gasteiger charge is -2.04. The van der Waals surface area contributed by atoms with Gasteiger partial charge in [-0.2, -0.15) is 0 Å². The Labute approximate surface area is 91.8 Å². The molecule has 4 heteroatoms. The van der Waals surface area contributed by atoms with Gasteiger partial charge in [0, 0.05) is 6.07 Å². The molecule has 0 bridgehead atoms. The molecule has 0 saturated carbocycles. The number of fused-ring (bicyclic) bond motifs is 2. The largest absolute Gasteiger partial charge is 0.506 e. The van der Waals surface area contributed by atoms with E-state index in [0.717, 1.165) is 24.1 Å². The highest BCUT2D eigenvalue weighted by molar-refractivity contribution is 5.72. The standard InChI is InChI=1S/C12H11NO3/c1-16-9-5-8(14)11-10(12(9)15)6-3-2-4-7(6)13-11/h4-5,14-15H,2-3H2,1H3. The average molecular weight is 217 g/mol. The fourth-order valence-electron chi connectivity index (χ4n) is 2.27. The van der Waals surface area contributed by atoms with Crippen molar-refractivity contribution >= 4 is 5.57 Å². The molecule has 0 unspecified atom stereocenters. The minimum atomic E-state index is 0.0486. The minimum Gasteiger partial charge on any atom is -0.506 e. The number of aromatic hydroxyl groups is 2. The molecule has 0 aromatic heterocycles. The topological polar surface area (TPSA) is 62.0 Å². The molecule has 4 nitrogen and oxygen atoms in total. The third-order valence-corrected chi connectivity index (χ3v) is 3.01. The van der Waals surface area contributed by atoms with Gasteiger partial charge in [-0.05, 0) is 18.4 Å². The van der Waals surface area contributed by atoms with Crippen molar-refractivity contribution in [2.75, 3.05) is 7.11 Å². The molecule has 0 spiro atoms. The van der Waals surface area contributed by atoms with Gasteiger partial charge in [0.25, 0.3) is 0 Å². The van der Waals surface area contributed by atoms with E-state index in [1.165, 1.54) is 13.2 Å². The van der Waals surface area contributed by atoms with E-state index in [2.05, 4.69) is 4.99 Å². The summed E-state index contributed by atoms with van der Waals surface area (Å²) in [5, 5.41) is 20.9. The maximum atomic E-state index is 10.0. The van der Waals surface area contributed by atoms with Crippen LogP contribution in [0.4, 0.5) is 0 Å². The van der Waals surface area contributed by atoms with E-state index in [-0.39, 0.29) is 17.2 Å². The fourth-order valence-corrected chi connectivity index (χ4v) is 2.27. The van der Waals surface area contributed by atoms with E-state index in [1.807, 2.05) is 6.08 Å². The van der Waals surface area contributed by atoms with Gasteiger partial charge in [0.1, 0.15) is 11.1 Å². The summed E-state index contributed by atoms with van der Waals surface area (Å²) >= 11 is 0. The molecule has 82 valence electrons. The molecule has 1 aromatic carbocycles. The summed E-state index contributed by atoms with van der Waals surface area (Å²) in [6.45, 7) is 0. The van der Waals surface area contributed by atoms with Crippen molar-refractivity contribution in [1.82, 2.24) is 0 Å². The van der Waals surface area contributed by atoms with Gasteiger partial charge in [0.05, 0.1) is 18.0 Å². The van der Waals surface area contributed by atoms with Crippen LogP contribution in [0.15, 0.2) is 22.8 Å². The number of allylic oxidation sites excluding steroid dienone is 2. The Hall–Kier alpha value is -1.97. The number of rotatable bonds is 1. The lowest BCUT2D eigenvalue weighted by Crippen LogP contribution is -2.24. The van der Waals surface area contributed by atoms with Crippen LogP contribution in [0.1, 0.15) is 12.8 Å². The number of phenolic OH excluding ortho intramolecular Hbond substituents is 2. The van der Waals surface area contributed by atoms with Crippen LogP contribution in [0.2, 0.25) is 0 Å². The van der Waals surface area contributed by atoms with Gasteiger partial charge in [-0.25, -0.2) is 4.99 Å². The first-order valence-electron chi connectivity index (χ1n) is 5.13. The van der Waals surface area contributed by atoms with Gasteiger partial charge in [-0.15, -0.1) is 0 Å². The maximum Gasteiger partial charge on any atom is 0.167 e. The quantitative estimate of drug-likeness (QED) is 0.676. The Morgan fingerprint density at radius 2 is 2.19 bits per heavy atom. The van der Waals surface area contributed by atoms with E-state index in [1.54, 1.807) is 0 Å². The predicted molar refractivity (Wildman–Crippen MR) is 57.8 cm³/mol. The van der Waals surface area contributed by atoms with Crippen LogP contribution in [-0.2, 0) is 0 Å². The molecule has 0 radical (unpaired) electrons. The molecule has 0 saturated heterocycles. The van der Waals surface area contributed by atoms with Crippen LogP contribution in [0.3, 0.4) is 0 Å². The number of ether oxygens (including phenoxy) is 1. The van der Waals surface area contributed by atoms with Gasteiger partial charge in [-0.1, -0.05) is 6.08 Å². The number of hydrogen-bond donors (Lipinski definition) is 2. The number of phenols is 2. The molecule has 0 atom stereocenters. The molecule has 2 aliphatic rings. The van der Waals surface area contributed by atoms with Crippen LogP contribution >= 0.6 is 0 Å². The Bertz CT molecular complexity index is 629. The van der Waals surface area contributed by atoms with Crippen molar-refractivity contribution in [3.05, 3.63) is 28.4 Å². The normalized spacial score (nSPS) is 16.6. The number of benzene rings is 1. The van der Waals surface area contributed by atoms with Crippen molar-refractivity contribution in [3.8, 4) is 17.2 Å². The number of methoxy groups -OCH3 is 1. The summed E-state index contributed by atoms with van der Waals surface area (Å²) < 4.78 is 5.02. The smallest absolute Gasteiger partial charge is 0.167 e. The zero-order valence-electron chi connectivity index (χ0n) is 8.82. The second-order valence-electron chi connectivity index (χ2n) is 3.89. The van der Waals surface area contributed by atoms with Gasteiger partial charge < -0.3 is 14.9 Å². The molecule has 1 aliphatic heterocycles. The molecule has 0 amide bonds. The first-order valence-corrected chi connectivity index (χ1v) is 5.13. The highest BCUT2D eigenvalue weighted by atomic mass is 16.5. The fraction of sp³-hybridized carbons (Fsp3) is 0.250. The zero-order valence-corrected chi connectivity index (χ0v) is 8.82. The van der Waals surface area contributed by atoms with Gasteiger partial charge in [0.2, 0.25) is 0 Å². The lowest BCUT2D eigenvalue weighted by molar-refractivity contribution is 0.365. The van der Waals surface area contributed by atoms with Crippen LogP contribution in [0, 0.1) is 0 Å². The first-order chi connectivity index (χ1) is 7.72. The van der Waals surface area contributed by atoms with Gasteiger partial charge in [-0.3, -0.25) is 0 Å². The van der Waals surface area contributed by atoms with Crippen LogP contribution in [0.5, 0.6) is 17.2 Å². The zero-order chi connectivity index (χ0) is 11.3. The number of nitrogens with zero attached hydrogens (tertiary/aromatic N) is 1. The van der Waals surface area contributed by atoms with E-state index in [4.69, 9.17) is 4.74 Å². The SMILES string of the molecule is COc1cc(O)c2c(c1O)=C1CCC=C1N=2. The Balaban J connectivity index is 2.50. The van der Waals surface area contributed by atoms with Crippen molar-refractivity contribution in [3.63, 3.8) is 0 Å². The number of hydrogen-bond acceptors (Lipinski definition) is 4. The lowest BCUT2D eigenvalue weighted by atomic mass is 10.1. The second kappa shape index (κ2) is 3.01. The third-order valence-electron chi connectivity index (χ3n) is 3.01. The highest BCUT2D eigenvalue weighted by Gasteiger charge is 2.23. The second-order valence-corrected chi connectivity index (χ2v) is 3.89. The summed E-state index contributed by atoms with van der Waals surface area (Å²) in [5.41, 5.74) is 1.87. The molecule has 1 heterocycles. The Morgan fingerprint density at radius 3 is 2.94 bits per heavy atom. The van der Waals surface area contributed by atoms with Crippen molar-refractivity contribution in [1.29, 1.82) is 0 Å². The van der Waals surface area contributed by atoms with Crippen LogP contribution in [0.25, 0.3) is 5.57 Å². The van der Waals surface area contributed by atoms with E-state index < -0.39 is 0 Å². The van der Waals surface area contributed by atoms with Crippen molar-refractivity contribution in [2.24, 2.45) is 4.99 Å². The summed E-state index contributed by atoms with van der Waals surface area (Å²) in [4.78, 5) is 4.31. The monoisotopic (exact) mass is 217 g/mol. The molecular weight excluding hydrogens is 206 g/mol. The summed E-state index contributed by atoms with van der Waals surface area (Å²) in [7, 11) is 1.46. The summed E-state index contributed by atoms with van der Waals surface area (Å²) in [5.74, 6) is 0.402. The van der Waals surface area contributed by atoms with Crippen molar-refractivity contribution in [2.45, 2.75) is 12.8 Å². The average Bonchev–Trinajstić information content (AvgIpc) is 2.82. The predicted octanol–water partition coefficient (Wildman–Crippen LogP) is 0.568. The highest BCUT2D eigenvalue weighted by Crippen LogP contribution is 2.32. The molecular formula is C12H11NO3. The van der Waals surface area contributed by atoms with Crippen LogP contribution < -0.4 is 15.3 Å². The molecule has 1 aliphatic carbocycles. The van der Waals surface area contributed by atoms with Crippen molar-refractivity contribution < 1.29 is 14.9 Å². The first kappa shape index (κ1) is 9.27. The Morgan fingerprint density at radius 1 is 1.38 bits per heavy atom. The molecule has 1 aromatic rings. The maximum absolute atomic E-state index is 10.0. The van der Waals surface area contributed by atoms with Gasteiger partial charge in [0.15, 0.2) is 11.5 Å². The Kier molecular flexibility index (Phi) is 1.74. The minimum absolute atomic E-state index is 0.0486. The van der Waals surface area contributed by atoms with Crippen LogP contribution in [-0.4, -0.2) is 17.3 Å². The van der Waals surface area contributed by atoms with E-state index in [0.29, 0.717) is 10.6 Å². The summed E-state index contributed by atoms with van der Waals surface area (Å²) in [6, 6.07) is 1.39. The molecule has 16 heavy (non-hydrogen) atoms. The molecule has 2 N–H and O–H groups in total. The summed E-state index contributed by atoms with van der Waals surface area (Å²) in [6.07, 6.45) is 3.80. The third kappa shape index (κ3) is 1.01.